The van der Waals surface area contributed by atoms with Crippen molar-refractivity contribution in [2.75, 3.05) is 14.2 Å². The van der Waals surface area contributed by atoms with E-state index in [4.69, 9.17) is 13.9 Å². The molecule has 1 aromatic heterocycles. The molecule has 1 N–H and O–H groups in total. The number of benzene rings is 2. The van der Waals surface area contributed by atoms with Gasteiger partial charge in [0.1, 0.15) is 5.69 Å². The molecule has 3 rings (SSSR count). The van der Waals surface area contributed by atoms with Crippen molar-refractivity contribution < 1.29 is 23.8 Å². The van der Waals surface area contributed by atoms with Crippen LogP contribution in [-0.4, -0.2) is 30.3 Å². The summed E-state index contributed by atoms with van der Waals surface area (Å²) in [5, 5.41) is 8.05. The second-order valence-corrected chi connectivity index (χ2v) is 5.92. The van der Waals surface area contributed by atoms with Crippen molar-refractivity contribution in [3.8, 4) is 34.1 Å². The lowest BCUT2D eigenvalue weighted by molar-refractivity contribution is -0.136. The smallest absolute Gasteiger partial charge is 0.325 e. The molecule has 26 heavy (non-hydrogen) atoms. The van der Waals surface area contributed by atoms with Gasteiger partial charge in [-0.3, -0.25) is 4.79 Å². The van der Waals surface area contributed by atoms with Crippen LogP contribution in [0.1, 0.15) is 11.1 Å². The molecular weight excluding hydrogens is 354 g/mol. The van der Waals surface area contributed by atoms with Crippen LogP contribution in [0.15, 0.2) is 52.9 Å². The van der Waals surface area contributed by atoms with Gasteiger partial charge in [0.15, 0.2) is 22.5 Å². The highest BCUT2D eigenvalue weighted by atomic mass is 32.1. The molecule has 1 heterocycles. The van der Waals surface area contributed by atoms with Crippen LogP contribution in [-0.2, 0) is 4.79 Å². The van der Waals surface area contributed by atoms with Crippen LogP contribution in [0.5, 0.6) is 11.5 Å². The van der Waals surface area contributed by atoms with Gasteiger partial charge < -0.3 is 19.0 Å². The molecule has 0 bridgehead atoms. The molecule has 0 spiro atoms. The molecule has 3 aromatic rings. The fourth-order valence-corrected chi connectivity index (χ4v) is 2.63. The summed E-state index contributed by atoms with van der Waals surface area (Å²) in [4.78, 5) is 15.6. The number of hydrogen-bond acceptors (Lipinski definition) is 6. The van der Waals surface area contributed by atoms with Gasteiger partial charge in [-0.15, -0.1) is 0 Å². The number of aliphatic carboxylic acids is 1. The van der Waals surface area contributed by atoms with Gasteiger partial charge in [-0.1, -0.05) is 30.3 Å². The molecule has 0 radical (unpaired) electrons. The molecule has 0 amide bonds. The zero-order valence-corrected chi connectivity index (χ0v) is 15.1. The van der Waals surface area contributed by atoms with E-state index in [0.717, 1.165) is 5.56 Å². The Bertz CT molecular complexity index is 923. The zero-order chi connectivity index (χ0) is 18.7. The van der Waals surface area contributed by atoms with Crippen molar-refractivity contribution in [1.29, 1.82) is 0 Å². The number of carboxylic acids is 1. The number of ether oxygens (including phenoxy) is 2. The van der Waals surface area contributed by atoms with Crippen molar-refractivity contribution in [1.82, 2.24) is 4.98 Å². The lowest BCUT2D eigenvalue weighted by atomic mass is 10.1. The van der Waals surface area contributed by atoms with E-state index in [9.17, 15) is 9.90 Å². The highest BCUT2D eigenvalue weighted by Crippen LogP contribution is 2.39. The van der Waals surface area contributed by atoms with E-state index in [1.807, 2.05) is 30.3 Å². The third-order valence-electron chi connectivity index (χ3n) is 3.80. The highest BCUT2D eigenvalue weighted by Gasteiger charge is 2.25. The van der Waals surface area contributed by atoms with E-state index in [1.165, 1.54) is 0 Å². The third-order valence-corrected chi connectivity index (χ3v) is 4.25. The first-order valence-corrected chi connectivity index (χ1v) is 8.26. The van der Waals surface area contributed by atoms with Crippen LogP contribution in [0.2, 0.25) is 0 Å². The first kappa shape index (κ1) is 17.9. The summed E-state index contributed by atoms with van der Waals surface area (Å²) >= 11 is 4.07. The van der Waals surface area contributed by atoms with Gasteiger partial charge in [0.2, 0.25) is 5.89 Å². The van der Waals surface area contributed by atoms with E-state index < -0.39 is 11.2 Å². The number of thiol groups is 1. The van der Waals surface area contributed by atoms with Gasteiger partial charge in [-0.2, -0.15) is 12.6 Å². The van der Waals surface area contributed by atoms with Crippen LogP contribution in [0.3, 0.4) is 0 Å². The summed E-state index contributed by atoms with van der Waals surface area (Å²) in [6.07, 6.45) is 0. The van der Waals surface area contributed by atoms with Crippen LogP contribution in [0.4, 0.5) is 0 Å². The van der Waals surface area contributed by atoms with Crippen LogP contribution < -0.4 is 9.47 Å². The molecule has 6 nitrogen and oxygen atoms in total. The maximum Gasteiger partial charge on any atom is 0.325 e. The molecule has 0 saturated carbocycles. The normalized spacial score (nSPS) is 11.8. The van der Waals surface area contributed by atoms with Crippen LogP contribution >= 0.6 is 12.6 Å². The number of hydrogen-bond donors (Lipinski definition) is 2. The SMILES string of the molecule is COc1ccc(-c2oc(C(S)C(=O)O)nc2-c2ccccc2)cc1OC. The van der Waals surface area contributed by atoms with Gasteiger partial charge in [0.05, 0.1) is 14.2 Å². The lowest BCUT2D eigenvalue weighted by Crippen LogP contribution is -2.05. The van der Waals surface area contributed by atoms with E-state index in [1.54, 1.807) is 32.4 Å². The second-order valence-electron chi connectivity index (χ2n) is 5.41. The Morgan fingerprint density at radius 3 is 2.38 bits per heavy atom. The minimum Gasteiger partial charge on any atom is -0.493 e. The Kier molecular flexibility index (Phi) is 5.18. The number of rotatable bonds is 6. The predicted octanol–water partition coefficient (Wildman–Crippen LogP) is 4.08. The van der Waals surface area contributed by atoms with Gasteiger partial charge in [-0.25, -0.2) is 4.98 Å². The number of nitrogens with zero attached hydrogens (tertiary/aromatic N) is 1. The summed E-state index contributed by atoms with van der Waals surface area (Å²) in [7, 11) is 3.09. The number of carbonyl (C=O) groups is 1. The highest BCUT2D eigenvalue weighted by molar-refractivity contribution is 7.81. The topological polar surface area (TPSA) is 81.8 Å². The number of oxazole rings is 1. The fraction of sp³-hybridized carbons (Fsp3) is 0.158. The summed E-state index contributed by atoms with van der Waals surface area (Å²) < 4.78 is 16.4. The van der Waals surface area contributed by atoms with Crippen molar-refractivity contribution in [3.63, 3.8) is 0 Å². The molecule has 0 aliphatic heterocycles. The Morgan fingerprint density at radius 2 is 1.77 bits per heavy atom. The summed E-state index contributed by atoms with van der Waals surface area (Å²) in [5.41, 5.74) is 2.03. The summed E-state index contributed by atoms with van der Waals surface area (Å²) in [5.74, 6) is 0.433. The van der Waals surface area contributed by atoms with Gasteiger partial charge in [0.25, 0.3) is 0 Å². The van der Waals surface area contributed by atoms with Gasteiger partial charge in [0, 0.05) is 11.1 Å². The van der Waals surface area contributed by atoms with E-state index in [0.29, 0.717) is 28.5 Å². The summed E-state index contributed by atoms with van der Waals surface area (Å²) in [6, 6.07) is 14.7. The quantitative estimate of drug-likeness (QED) is 0.636. The van der Waals surface area contributed by atoms with Crippen molar-refractivity contribution in [3.05, 3.63) is 54.4 Å². The largest absolute Gasteiger partial charge is 0.493 e. The van der Waals surface area contributed by atoms with E-state index in [-0.39, 0.29) is 5.89 Å². The van der Waals surface area contributed by atoms with E-state index in [2.05, 4.69) is 17.6 Å². The predicted molar refractivity (Wildman–Crippen MR) is 99.8 cm³/mol. The zero-order valence-electron chi connectivity index (χ0n) is 14.2. The lowest BCUT2D eigenvalue weighted by Gasteiger charge is -2.09. The monoisotopic (exact) mass is 371 g/mol. The molecule has 134 valence electrons. The first-order valence-electron chi connectivity index (χ1n) is 7.74. The number of carboxylic acid groups (broad SMARTS) is 1. The fourth-order valence-electron chi connectivity index (χ4n) is 2.52. The second kappa shape index (κ2) is 7.53. The van der Waals surface area contributed by atoms with Crippen molar-refractivity contribution >= 4 is 18.6 Å². The molecule has 1 atom stereocenters. The van der Waals surface area contributed by atoms with Crippen molar-refractivity contribution in [2.45, 2.75) is 5.25 Å². The minimum absolute atomic E-state index is 0.0180. The summed E-state index contributed by atoms with van der Waals surface area (Å²) in [6.45, 7) is 0. The molecule has 0 saturated heterocycles. The minimum atomic E-state index is -1.16. The van der Waals surface area contributed by atoms with Gasteiger partial charge in [-0.05, 0) is 18.2 Å². The number of aromatic nitrogens is 1. The van der Waals surface area contributed by atoms with E-state index >= 15 is 0 Å². The van der Waals surface area contributed by atoms with Gasteiger partial charge >= 0.3 is 5.97 Å². The Labute approximate surface area is 155 Å². The Morgan fingerprint density at radius 1 is 1.08 bits per heavy atom. The maximum absolute atomic E-state index is 11.3. The first-order chi connectivity index (χ1) is 12.5. The van der Waals surface area contributed by atoms with Crippen molar-refractivity contribution in [2.24, 2.45) is 0 Å². The molecule has 1 unspecified atom stereocenters. The molecule has 2 aromatic carbocycles. The molecule has 0 aliphatic rings. The Hall–Kier alpha value is -2.93. The molecular formula is C19H17NO5S. The number of methoxy groups -OCH3 is 2. The maximum atomic E-state index is 11.3. The average molecular weight is 371 g/mol. The molecule has 0 aliphatic carbocycles. The Balaban J connectivity index is 2.18. The molecule has 7 heteroatoms. The van der Waals surface area contributed by atoms with Crippen LogP contribution in [0, 0.1) is 0 Å². The molecule has 0 fully saturated rings. The van der Waals surface area contributed by atoms with Crippen LogP contribution in [0.25, 0.3) is 22.6 Å². The standard InChI is InChI=1S/C19H17NO5S/c1-23-13-9-8-12(10-14(13)24-2)16-15(11-6-4-3-5-7-11)20-18(25-16)17(26)19(21)22/h3-10,17,26H,1-2H3,(H,21,22). The third kappa shape index (κ3) is 3.39. The average Bonchev–Trinajstić information content (AvgIpc) is 3.12.